The third kappa shape index (κ3) is 3.68. The molecule has 1 aliphatic rings. The number of carboxylic acids is 1. The van der Waals surface area contributed by atoms with Gasteiger partial charge in [0.05, 0.1) is 12.1 Å². The van der Waals surface area contributed by atoms with E-state index in [1.165, 1.54) is 10.4 Å². The number of fused-ring (bicyclic) bond motifs is 1. The van der Waals surface area contributed by atoms with Crippen LogP contribution >= 0.6 is 11.3 Å². The van der Waals surface area contributed by atoms with E-state index >= 15 is 0 Å². The molecule has 110 valence electrons. The van der Waals surface area contributed by atoms with Crippen molar-refractivity contribution in [2.75, 3.05) is 13.1 Å². The van der Waals surface area contributed by atoms with Crippen LogP contribution in [-0.2, 0) is 30.6 Å². The molecule has 1 aromatic heterocycles. The number of thiazole rings is 1. The highest BCUT2D eigenvalue weighted by molar-refractivity contribution is 7.11. The molecule has 2 aromatic rings. The minimum absolute atomic E-state index is 0.0433. The first kappa shape index (κ1) is 14.2. The van der Waals surface area contributed by atoms with Gasteiger partial charge in [-0.1, -0.05) is 30.3 Å². The molecule has 0 radical (unpaired) electrons. The summed E-state index contributed by atoms with van der Waals surface area (Å²) in [5.74, 6) is -0.804. The molecule has 0 saturated heterocycles. The zero-order chi connectivity index (χ0) is 14.7. The molecule has 0 bridgehead atoms. The van der Waals surface area contributed by atoms with Crippen LogP contribution in [0.2, 0.25) is 0 Å². The van der Waals surface area contributed by atoms with Crippen molar-refractivity contribution in [1.82, 2.24) is 9.88 Å². The fraction of sp³-hybridized carbons (Fsp3) is 0.375. The number of aromatic nitrogens is 1. The van der Waals surface area contributed by atoms with Crippen molar-refractivity contribution in [2.24, 2.45) is 0 Å². The van der Waals surface area contributed by atoms with Crippen LogP contribution in [0.25, 0.3) is 0 Å². The lowest BCUT2D eigenvalue weighted by atomic mass is 10.1. The van der Waals surface area contributed by atoms with E-state index in [1.54, 1.807) is 11.3 Å². The van der Waals surface area contributed by atoms with Crippen LogP contribution in [0, 0.1) is 0 Å². The average Bonchev–Trinajstić information content (AvgIpc) is 2.86. The van der Waals surface area contributed by atoms with Gasteiger partial charge in [0, 0.05) is 30.9 Å². The molecule has 1 aromatic carbocycles. The van der Waals surface area contributed by atoms with Crippen LogP contribution in [-0.4, -0.2) is 34.0 Å². The Bertz CT molecular complexity index is 624. The molecule has 2 heterocycles. The van der Waals surface area contributed by atoms with E-state index in [0.717, 1.165) is 43.2 Å². The second-order valence-electron chi connectivity index (χ2n) is 5.31. The number of hydrogen-bond acceptors (Lipinski definition) is 4. The molecule has 21 heavy (non-hydrogen) atoms. The van der Waals surface area contributed by atoms with Crippen LogP contribution in [0.15, 0.2) is 30.3 Å². The minimum Gasteiger partial charge on any atom is -0.481 e. The number of carbonyl (C=O) groups is 1. The molecule has 0 atom stereocenters. The van der Waals surface area contributed by atoms with Gasteiger partial charge < -0.3 is 5.11 Å². The van der Waals surface area contributed by atoms with E-state index in [2.05, 4.69) is 34.1 Å². The smallest absolute Gasteiger partial charge is 0.310 e. The summed E-state index contributed by atoms with van der Waals surface area (Å²) in [7, 11) is 0. The molecule has 0 saturated carbocycles. The van der Waals surface area contributed by atoms with E-state index in [9.17, 15) is 4.79 Å². The van der Waals surface area contributed by atoms with Gasteiger partial charge >= 0.3 is 5.97 Å². The summed E-state index contributed by atoms with van der Waals surface area (Å²) in [6.45, 7) is 2.95. The predicted octanol–water partition coefficient (Wildman–Crippen LogP) is 2.37. The van der Waals surface area contributed by atoms with Crippen LogP contribution < -0.4 is 0 Å². The number of aliphatic carboxylic acids is 1. The lowest BCUT2D eigenvalue weighted by Gasteiger charge is -2.25. The van der Waals surface area contributed by atoms with Gasteiger partial charge in [0.1, 0.15) is 5.01 Å². The minimum atomic E-state index is -0.804. The van der Waals surface area contributed by atoms with Crippen molar-refractivity contribution >= 4 is 17.3 Å². The van der Waals surface area contributed by atoms with Crippen molar-refractivity contribution in [3.8, 4) is 0 Å². The number of nitrogens with zero attached hydrogens (tertiary/aromatic N) is 2. The Labute approximate surface area is 128 Å². The highest BCUT2D eigenvalue weighted by Crippen LogP contribution is 2.25. The molecule has 1 aliphatic heterocycles. The average molecular weight is 302 g/mol. The fourth-order valence-electron chi connectivity index (χ4n) is 2.63. The molecule has 0 amide bonds. The van der Waals surface area contributed by atoms with E-state index in [-0.39, 0.29) is 6.42 Å². The monoisotopic (exact) mass is 302 g/mol. The van der Waals surface area contributed by atoms with Crippen LogP contribution in [0.1, 0.15) is 21.1 Å². The highest BCUT2D eigenvalue weighted by atomic mass is 32.1. The van der Waals surface area contributed by atoms with Gasteiger partial charge in [-0.15, -0.1) is 11.3 Å². The standard InChI is InChI=1S/C16H18N2O2S/c19-16(20)10-15-17-13-7-9-18(11-14(13)21-15)8-6-12-4-2-1-3-5-12/h1-5H,6-11H2,(H,19,20). The number of benzene rings is 1. The molecule has 3 rings (SSSR count). The Morgan fingerprint density at radius 3 is 2.90 bits per heavy atom. The quantitative estimate of drug-likeness (QED) is 0.921. The van der Waals surface area contributed by atoms with Crippen molar-refractivity contribution in [1.29, 1.82) is 0 Å². The molecule has 0 spiro atoms. The number of carboxylic acid groups (broad SMARTS) is 1. The number of rotatable bonds is 5. The maximum absolute atomic E-state index is 10.8. The van der Waals surface area contributed by atoms with Crippen LogP contribution in [0.3, 0.4) is 0 Å². The first-order valence-corrected chi connectivity index (χ1v) is 7.98. The van der Waals surface area contributed by atoms with Crippen molar-refractivity contribution in [2.45, 2.75) is 25.8 Å². The van der Waals surface area contributed by atoms with Crippen molar-refractivity contribution in [3.63, 3.8) is 0 Å². The van der Waals surface area contributed by atoms with Gasteiger partial charge in [0.25, 0.3) is 0 Å². The van der Waals surface area contributed by atoms with Gasteiger partial charge in [-0.05, 0) is 12.0 Å². The zero-order valence-corrected chi connectivity index (χ0v) is 12.6. The van der Waals surface area contributed by atoms with Crippen LogP contribution in [0.5, 0.6) is 0 Å². The fourth-order valence-corrected chi connectivity index (χ4v) is 3.78. The van der Waals surface area contributed by atoms with Gasteiger partial charge in [0.15, 0.2) is 0 Å². The van der Waals surface area contributed by atoms with Gasteiger partial charge in [0.2, 0.25) is 0 Å². The number of hydrogen-bond donors (Lipinski definition) is 1. The Morgan fingerprint density at radius 2 is 2.14 bits per heavy atom. The summed E-state index contributed by atoms with van der Waals surface area (Å²) in [6, 6.07) is 10.5. The van der Waals surface area contributed by atoms with Gasteiger partial charge in [-0.2, -0.15) is 0 Å². The molecule has 0 fully saturated rings. The third-order valence-corrected chi connectivity index (χ3v) is 4.80. The highest BCUT2D eigenvalue weighted by Gasteiger charge is 2.21. The molecule has 0 aliphatic carbocycles. The van der Waals surface area contributed by atoms with E-state index < -0.39 is 5.97 Å². The predicted molar refractivity (Wildman–Crippen MR) is 82.6 cm³/mol. The summed E-state index contributed by atoms with van der Waals surface area (Å²) < 4.78 is 0. The first-order chi connectivity index (χ1) is 10.2. The van der Waals surface area contributed by atoms with E-state index in [4.69, 9.17) is 5.11 Å². The molecule has 1 N–H and O–H groups in total. The lowest BCUT2D eigenvalue weighted by molar-refractivity contribution is -0.136. The molecule has 5 heteroatoms. The normalized spacial score (nSPS) is 14.9. The summed E-state index contributed by atoms with van der Waals surface area (Å²) in [4.78, 5) is 18.9. The zero-order valence-electron chi connectivity index (χ0n) is 11.8. The van der Waals surface area contributed by atoms with E-state index in [1.807, 2.05) is 6.07 Å². The summed E-state index contributed by atoms with van der Waals surface area (Å²) >= 11 is 1.56. The largest absolute Gasteiger partial charge is 0.481 e. The van der Waals surface area contributed by atoms with Gasteiger partial charge in [-0.25, -0.2) is 4.98 Å². The third-order valence-electron chi connectivity index (χ3n) is 3.72. The maximum atomic E-state index is 10.8. The second-order valence-corrected chi connectivity index (χ2v) is 6.48. The van der Waals surface area contributed by atoms with Gasteiger partial charge in [-0.3, -0.25) is 9.69 Å². The maximum Gasteiger partial charge on any atom is 0.310 e. The molecular formula is C16H18N2O2S. The Hall–Kier alpha value is -1.72. The molecule has 4 nitrogen and oxygen atoms in total. The lowest BCUT2D eigenvalue weighted by Crippen LogP contribution is -2.31. The second kappa shape index (κ2) is 6.37. The first-order valence-electron chi connectivity index (χ1n) is 7.16. The Balaban J connectivity index is 1.59. The van der Waals surface area contributed by atoms with Crippen molar-refractivity contribution < 1.29 is 9.90 Å². The SMILES string of the molecule is O=C(O)Cc1nc2c(s1)CN(CCc1ccccc1)CC2. The molecular weight excluding hydrogens is 284 g/mol. The van der Waals surface area contributed by atoms with Crippen LogP contribution in [0.4, 0.5) is 0 Å². The summed E-state index contributed by atoms with van der Waals surface area (Å²) in [6.07, 6.45) is 2.03. The summed E-state index contributed by atoms with van der Waals surface area (Å²) in [5, 5.41) is 9.58. The van der Waals surface area contributed by atoms with E-state index in [0.29, 0.717) is 0 Å². The summed E-state index contributed by atoms with van der Waals surface area (Å²) in [5.41, 5.74) is 2.46. The Morgan fingerprint density at radius 1 is 1.33 bits per heavy atom. The topological polar surface area (TPSA) is 53.4 Å². The molecule has 0 unspecified atom stereocenters. The van der Waals surface area contributed by atoms with Crippen molar-refractivity contribution in [3.05, 3.63) is 51.5 Å². The Kier molecular flexibility index (Phi) is 4.31.